The Morgan fingerprint density at radius 2 is 0.941 bits per heavy atom. The number of hydrogen-bond acceptors (Lipinski definition) is 2. The molecule has 0 aliphatic carbocycles. The predicted molar refractivity (Wildman–Crippen MR) is 74.0 cm³/mol. The van der Waals surface area contributed by atoms with Crippen LogP contribution in [0.15, 0.2) is 49.1 Å². The number of aromatic nitrogens is 2. The molecule has 0 saturated carbocycles. The second kappa shape index (κ2) is 10.8. The monoisotopic (exact) mass is 230 g/mol. The molecule has 0 aromatic carbocycles. The van der Waals surface area contributed by atoms with Gasteiger partial charge < -0.3 is 0 Å². The first-order valence-electron chi connectivity index (χ1n) is 6.23. The highest BCUT2D eigenvalue weighted by molar-refractivity contribution is 5.21. The first-order valence-corrected chi connectivity index (χ1v) is 6.23. The zero-order valence-electron chi connectivity index (χ0n) is 11.2. The highest BCUT2D eigenvalue weighted by Crippen LogP contribution is 2.06. The summed E-state index contributed by atoms with van der Waals surface area (Å²) >= 11 is 0. The molecule has 2 nitrogen and oxygen atoms in total. The second-order valence-electron chi connectivity index (χ2n) is 2.89. The molecule has 0 aliphatic heterocycles. The van der Waals surface area contributed by atoms with Crippen LogP contribution in [0.2, 0.25) is 0 Å². The molecule has 0 unspecified atom stereocenters. The largest absolute Gasteiger partial charge is 0.265 e. The topological polar surface area (TPSA) is 25.8 Å². The van der Waals surface area contributed by atoms with Crippen molar-refractivity contribution in [3.8, 4) is 0 Å². The highest BCUT2D eigenvalue weighted by Gasteiger charge is 1.93. The number of hydrogen-bond donors (Lipinski definition) is 0. The molecule has 92 valence electrons. The molecule has 2 heterocycles. The summed E-state index contributed by atoms with van der Waals surface area (Å²) < 4.78 is 0. The second-order valence-corrected chi connectivity index (χ2v) is 2.89. The Labute approximate surface area is 105 Å². The van der Waals surface area contributed by atoms with Gasteiger partial charge in [0.15, 0.2) is 0 Å². The zero-order chi connectivity index (χ0) is 12.9. The van der Waals surface area contributed by atoms with Gasteiger partial charge in [-0.15, -0.1) is 0 Å². The van der Waals surface area contributed by atoms with Crippen LogP contribution in [-0.4, -0.2) is 9.97 Å². The normalized spacial score (nSPS) is 8.24. The molecular weight excluding hydrogens is 208 g/mol. The van der Waals surface area contributed by atoms with Crippen LogP contribution >= 0.6 is 0 Å². The molecule has 0 bridgehead atoms. The summed E-state index contributed by atoms with van der Waals surface area (Å²) in [5.41, 5.74) is 2.56. The maximum Gasteiger partial charge on any atom is 0.0270 e. The van der Waals surface area contributed by atoms with E-state index in [1.54, 1.807) is 0 Å². The maximum absolute atomic E-state index is 3.97. The van der Waals surface area contributed by atoms with Crippen LogP contribution in [0, 0.1) is 0 Å². The first kappa shape index (κ1) is 15.3. The minimum absolute atomic E-state index is 0.949. The van der Waals surface area contributed by atoms with Gasteiger partial charge in [0.1, 0.15) is 0 Å². The molecule has 2 rings (SSSR count). The average Bonchev–Trinajstić information content (AvgIpc) is 2.45. The van der Waals surface area contributed by atoms with Crippen molar-refractivity contribution < 1.29 is 0 Å². The van der Waals surface area contributed by atoms with Crippen LogP contribution in [0.1, 0.15) is 38.8 Å². The fraction of sp³-hybridized carbons (Fsp3) is 0.333. The summed E-state index contributed by atoms with van der Waals surface area (Å²) in [4.78, 5) is 7.95. The molecular formula is C15H22N2. The van der Waals surface area contributed by atoms with Gasteiger partial charge in [-0.05, 0) is 41.8 Å². The number of nitrogens with zero attached hydrogens (tertiary/aromatic N) is 2. The van der Waals surface area contributed by atoms with Crippen LogP contribution in [0.3, 0.4) is 0 Å². The average molecular weight is 230 g/mol. The van der Waals surface area contributed by atoms with Crippen LogP contribution < -0.4 is 0 Å². The molecule has 2 aromatic rings. The van der Waals surface area contributed by atoms with E-state index in [1.165, 1.54) is 11.1 Å². The Kier molecular flexibility index (Phi) is 9.73. The molecule has 0 aliphatic rings. The van der Waals surface area contributed by atoms with E-state index in [-0.39, 0.29) is 0 Å². The van der Waals surface area contributed by atoms with E-state index in [4.69, 9.17) is 0 Å². The summed E-state index contributed by atoms with van der Waals surface area (Å²) in [6, 6.07) is 8.11. The van der Waals surface area contributed by atoms with Gasteiger partial charge >= 0.3 is 0 Å². The van der Waals surface area contributed by atoms with E-state index < -0.39 is 0 Å². The molecule has 0 spiro atoms. The SMILES string of the molecule is CC.CC.c1cc(Cc2ccncc2)ccn1. The van der Waals surface area contributed by atoms with Gasteiger partial charge in [0.2, 0.25) is 0 Å². The lowest BCUT2D eigenvalue weighted by molar-refractivity contribution is 1.14. The van der Waals surface area contributed by atoms with Crippen LogP contribution in [-0.2, 0) is 6.42 Å². The van der Waals surface area contributed by atoms with Gasteiger partial charge in [0.25, 0.3) is 0 Å². The summed E-state index contributed by atoms with van der Waals surface area (Å²) in [5.74, 6) is 0. The maximum atomic E-state index is 3.97. The van der Waals surface area contributed by atoms with Gasteiger partial charge in [-0.25, -0.2) is 0 Å². The lowest BCUT2D eigenvalue weighted by Gasteiger charge is -1.99. The molecule has 2 heteroatoms. The summed E-state index contributed by atoms with van der Waals surface area (Å²) in [6.07, 6.45) is 8.21. The fourth-order valence-electron chi connectivity index (χ4n) is 1.24. The molecule has 0 fully saturated rings. The lowest BCUT2D eigenvalue weighted by Crippen LogP contribution is -1.87. The highest BCUT2D eigenvalue weighted by atomic mass is 14.6. The lowest BCUT2D eigenvalue weighted by atomic mass is 10.1. The van der Waals surface area contributed by atoms with E-state index >= 15 is 0 Å². The van der Waals surface area contributed by atoms with Crippen LogP contribution in [0.4, 0.5) is 0 Å². The molecule has 2 aromatic heterocycles. The quantitative estimate of drug-likeness (QED) is 0.775. The van der Waals surface area contributed by atoms with Crippen molar-refractivity contribution in [3.63, 3.8) is 0 Å². The molecule has 0 amide bonds. The Morgan fingerprint density at radius 3 is 1.24 bits per heavy atom. The molecule has 0 saturated heterocycles. The zero-order valence-corrected chi connectivity index (χ0v) is 11.2. The van der Waals surface area contributed by atoms with E-state index in [0.717, 1.165) is 6.42 Å². The van der Waals surface area contributed by atoms with Crippen molar-refractivity contribution in [2.24, 2.45) is 0 Å². The van der Waals surface area contributed by atoms with Gasteiger partial charge in [-0.2, -0.15) is 0 Å². The van der Waals surface area contributed by atoms with Crippen molar-refractivity contribution in [2.45, 2.75) is 34.1 Å². The Hall–Kier alpha value is -1.70. The predicted octanol–water partition coefficient (Wildman–Crippen LogP) is 4.12. The standard InChI is InChI=1S/C11H10N2.2C2H6/c1-5-12-6-2-10(1)9-11-3-7-13-8-4-11;2*1-2/h1-8H,9H2;2*1-2H3. The van der Waals surface area contributed by atoms with Gasteiger partial charge in [0, 0.05) is 24.8 Å². The Morgan fingerprint density at radius 1 is 0.647 bits per heavy atom. The van der Waals surface area contributed by atoms with Gasteiger partial charge in [0.05, 0.1) is 0 Å². The van der Waals surface area contributed by atoms with Crippen LogP contribution in [0.5, 0.6) is 0 Å². The molecule has 0 radical (unpaired) electrons. The van der Waals surface area contributed by atoms with Gasteiger partial charge in [-0.3, -0.25) is 9.97 Å². The van der Waals surface area contributed by atoms with Crippen molar-refractivity contribution >= 4 is 0 Å². The third-order valence-electron chi connectivity index (χ3n) is 1.91. The van der Waals surface area contributed by atoms with E-state index in [9.17, 15) is 0 Å². The summed E-state index contributed by atoms with van der Waals surface area (Å²) in [5, 5.41) is 0. The number of rotatable bonds is 2. The van der Waals surface area contributed by atoms with Crippen molar-refractivity contribution in [1.29, 1.82) is 0 Å². The minimum atomic E-state index is 0.949. The van der Waals surface area contributed by atoms with Crippen molar-refractivity contribution in [1.82, 2.24) is 9.97 Å². The van der Waals surface area contributed by atoms with Crippen molar-refractivity contribution in [2.75, 3.05) is 0 Å². The Bertz CT molecular complexity index is 320. The molecule has 0 N–H and O–H groups in total. The molecule has 0 atom stereocenters. The number of pyridine rings is 2. The van der Waals surface area contributed by atoms with E-state index in [0.29, 0.717) is 0 Å². The minimum Gasteiger partial charge on any atom is -0.265 e. The van der Waals surface area contributed by atoms with Crippen LogP contribution in [0.25, 0.3) is 0 Å². The first-order chi connectivity index (χ1) is 8.45. The summed E-state index contributed by atoms with van der Waals surface area (Å²) in [6.45, 7) is 8.00. The third-order valence-corrected chi connectivity index (χ3v) is 1.91. The van der Waals surface area contributed by atoms with E-state index in [1.807, 2.05) is 76.7 Å². The van der Waals surface area contributed by atoms with Crippen molar-refractivity contribution in [3.05, 3.63) is 60.2 Å². The fourth-order valence-corrected chi connectivity index (χ4v) is 1.24. The van der Waals surface area contributed by atoms with E-state index in [2.05, 4.69) is 9.97 Å². The molecule has 17 heavy (non-hydrogen) atoms. The van der Waals surface area contributed by atoms with Gasteiger partial charge in [-0.1, -0.05) is 27.7 Å². The third kappa shape index (κ3) is 6.46. The summed E-state index contributed by atoms with van der Waals surface area (Å²) in [7, 11) is 0. The Balaban J connectivity index is 0.000000581. The smallest absolute Gasteiger partial charge is 0.0270 e.